The first-order chi connectivity index (χ1) is 14.1. The second kappa shape index (κ2) is 9.05. The van der Waals surface area contributed by atoms with Crippen molar-refractivity contribution in [3.8, 4) is 11.3 Å². The van der Waals surface area contributed by atoms with Crippen LogP contribution in [0, 0.1) is 17.7 Å². The molecular weight excluding hydrogens is 371 g/mol. The van der Waals surface area contributed by atoms with E-state index < -0.39 is 0 Å². The summed E-state index contributed by atoms with van der Waals surface area (Å²) in [6.45, 7) is 5.40. The van der Waals surface area contributed by atoms with E-state index in [9.17, 15) is 9.18 Å². The minimum atomic E-state index is -0.269. The molecule has 2 aliphatic heterocycles. The molecular formula is C22H29FN4O2. The number of amides is 1. The number of piperidine rings is 1. The number of piperazine rings is 1. The molecule has 0 unspecified atom stereocenters. The minimum Gasteiger partial charge on any atom is -0.356 e. The van der Waals surface area contributed by atoms with Gasteiger partial charge < -0.3 is 19.6 Å². The van der Waals surface area contributed by atoms with Crippen LogP contribution in [0.1, 0.15) is 18.5 Å². The van der Waals surface area contributed by atoms with Crippen molar-refractivity contribution in [3.63, 3.8) is 0 Å². The fraction of sp³-hybridized carbons (Fsp3) is 0.545. The first-order valence-corrected chi connectivity index (χ1v) is 10.5. The number of carbonyl (C=O) groups excluding carboxylic acids is 1. The Labute approximate surface area is 171 Å². The summed E-state index contributed by atoms with van der Waals surface area (Å²) in [5.41, 5.74) is 1.70. The molecule has 2 aromatic rings. The molecule has 2 atom stereocenters. The van der Waals surface area contributed by atoms with E-state index in [-0.39, 0.29) is 11.7 Å². The summed E-state index contributed by atoms with van der Waals surface area (Å²) >= 11 is 0. The predicted molar refractivity (Wildman–Crippen MR) is 109 cm³/mol. The Kier molecular flexibility index (Phi) is 6.25. The van der Waals surface area contributed by atoms with Gasteiger partial charge in [-0.1, -0.05) is 5.16 Å². The number of benzene rings is 1. The number of hydrogen-bond acceptors (Lipinski definition) is 5. The van der Waals surface area contributed by atoms with Gasteiger partial charge in [0.25, 0.3) is 0 Å². The molecule has 2 aliphatic rings. The molecule has 2 fully saturated rings. The number of rotatable bonds is 5. The first-order valence-electron chi connectivity index (χ1n) is 10.5. The number of likely N-dealkylation sites (N-methyl/N-ethyl adjacent to an activating group) is 1. The number of aromatic nitrogens is 1. The van der Waals surface area contributed by atoms with Crippen molar-refractivity contribution < 1.29 is 13.7 Å². The van der Waals surface area contributed by atoms with Crippen LogP contribution >= 0.6 is 0 Å². The highest BCUT2D eigenvalue weighted by Crippen LogP contribution is 2.28. The summed E-state index contributed by atoms with van der Waals surface area (Å²) in [6.07, 6.45) is 2.39. The van der Waals surface area contributed by atoms with Gasteiger partial charge in [-0.3, -0.25) is 4.79 Å². The maximum absolute atomic E-state index is 13.1. The third-order valence-corrected chi connectivity index (χ3v) is 6.22. The van der Waals surface area contributed by atoms with E-state index in [4.69, 9.17) is 4.52 Å². The quantitative estimate of drug-likeness (QED) is 0.835. The number of halogens is 1. The lowest BCUT2D eigenvalue weighted by molar-refractivity contribution is -0.134. The summed E-state index contributed by atoms with van der Waals surface area (Å²) in [4.78, 5) is 17.1. The van der Waals surface area contributed by atoms with Gasteiger partial charge in [0, 0.05) is 44.2 Å². The molecule has 0 radical (unpaired) electrons. The standard InChI is InChI=1S/C22H29FN4O2/c1-26-8-10-27(11-9-26)22(28)13-17-6-7-24-15-18(17)12-20-14-21(29-25-20)16-2-4-19(23)5-3-16/h2-5,14,17-18,24H,6-13,15H2,1H3/t17-,18+/m1/s1. The number of hydrogen-bond donors (Lipinski definition) is 1. The van der Waals surface area contributed by atoms with E-state index in [1.54, 1.807) is 12.1 Å². The van der Waals surface area contributed by atoms with Crippen molar-refractivity contribution in [1.29, 1.82) is 0 Å². The maximum Gasteiger partial charge on any atom is 0.222 e. The second-order valence-electron chi connectivity index (χ2n) is 8.29. The van der Waals surface area contributed by atoms with Crippen molar-refractivity contribution in [2.75, 3.05) is 46.3 Å². The minimum absolute atomic E-state index is 0.269. The Morgan fingerprint density at radius 2 is 1.97 bits per heavy atom. The highest BCUT2D eigenvalue weighted by atomic mass is 19.1. The van der Waals surface area contributed by atoms with Gasteiger partial charge in [0.2, 0.25) is 5.91 Å². The van der Waals surface area contributed by atoms with Crippen LogP contribution in [0.2, 0.25) is 0 Å². The molecule has 156 valence electrons. The Balaban J connectivity index is 1.38. The van der Waals surface area contributed by atoms with E-state index >= 15 is 0 Å². The van der Waals surface area contributed by atoms with Crippen LogP contribution in [0.25, 0.3) is 11.3 Å². The van der Waals surface area contributed by atoms with Crippen LogP contribution < -0.4 is 5.32 Å². The largest absolute Gasteiger partial charge is 0.356 e. The van der Waals surface area contributed by atoms with Gasteiger partial charge in [-0.25, -0.2) is 4.39 Å². The van der Waals surface area contributed by atoms with Crippen molar-refractivity contribution >= 4 is 5.91 Å². The Hall–Kier alpha value is -2.25. The van der Waals surface area contributed by atoms with E-state index in [0.29, 0.717) is 24.0 Å². The predicted octanol–water partition coefficient (Wildman–Crippen LogP) is 2.41. The van der Waals surface area contributed by atoms with Crippen LogP contribution in [-0.2, 0) is 11.2 Å². The average Bonchev–Trinajstić information content (AvgIpc) is 3.19. The topological polar surface area (TPSA) is 61.6 Å². The first kappa shape index (κ1) is 20.0. The van der Waals surface area contributed by atoms with Crippen molar-refractivity contribution in [3.05, 3.63) is 41.8 Å². The molecule has 1 aromatic carbocycles. The van der Waals surface area contributed by atoms with Crippen molar-refractivity contribution in [2.45, 2.75) is 19.3 Å². The normalized spacial score (nSPS) is 23.3. The molecule has 4 rings (SSSR count). The fourth-order valence-electron chi connectivity index (χ4n) is 4.32. The molecule has 0 aliphatic carbocycles. The lowest BCUT2D eigenvalue weighted by Gasteiger charge is -2.36. The number of nitrogens with one attached hydrogen (secondary N) is 1. The smallest absolute Gasteiger partial charge is 0.222 e. The van der Waals surface area contributed by atoms with Gasteiger partial charge in [-0.2, -0.15) is 0 Å². The summed E-state index contributed by atoms with van der Waals surface area (Å²) in [7, 11) is 2.10. The van der Waals surface area contributed by atoms with Crippen LogP contribution in [-0.4, -0.2) is 67.2 Å². The van der Waals surface area contributed by atoms with Gasteiger partial charge in [-0.05, 0) is 69.1 Å². The molecule has 6 nitrogen and oxygen atoms in total. The van der Waals surface area contributed by atoms with E-state index in [0.717, 1.165) is 63.4 Å². The zero-order valence-electron chi connectivity index (χ0n) is 16.9. The van der Waals surface area contributed by atoms with Gasteiger partial charge in [0.05, 0.1) is 5.69 Å². The van der Waals surface area contributed by atoms with Gasteiger partial charge in [0.1, 0.15) is 5.82 Å². The fourth-order valence-corrected chi connectivity index (χ4v) is 4.32. The molecule has 1 aromatic heterocycles. The highest BCUT2D eigenvalue weighted by Gasteiger charge is 2.30. The Morgan fingerprint density at radius 1 is 1.21 bits per heavy atom. The van der Waals surface area contributed by atoms with Gasteiger partial charge in [0.15, 0.2) is 5.76 Å². The molecule has 7 heteroatoms. The lowest BCUT2D eigenvalue weighted by Crippen LogP contribution is -2.48. The van der Waals surface area contributed by atoms with E-state index in [2.05, 4.69) is 22.4 Å². The lowest BCUT2D eigenvalue weighted by atomic mass is 9.81. The Morgan fingerprint density at radius 3 is 2.72 bits per heavy atom. The van der Waals surface area contributed by atoms with Gasteiger partial charge in [-0.15, -0.1) is 0 Å². The molecule has 1 N–H and O–H groups in total. The third-order valence-electron chi connectivity index (χ3n) is 6.22. The molecule has 29 heavy (non-hydrogen) atoms. The molecule has 3 heterocycles. The molecule has 1 amide bonds. The van der Waals surface area contributed by atoms with Crippen molar-refractivity contribution in [2.24, 2.45) is 11.8 Å². The number of carbonyl (C=O) groups is 1. The molecule has 0 spiro atoms. The average molecular weight is 400 g/mol. The summed E-state index contributed by atoms with van der Waals surface area (Å²) in [5.74, 6) is 1.37. The zero-order valence-corrected chi connectivity index (χ0v) is 16.9. The Bertz CT molecular complexity index is 814. The molecule has 0 bridgehead atoms. The van der Waals surface area contributed by atoms with E-state index in [1.165, 1.54) is 12.1 Å². The maximum atomic E-state index is 13.1. The van der Waals surface area contributed by atoms with Crippen LogP contribution in [0.5, 0.6) is 0 Å². The monoisotopic (exact) mass is 400 g/mol. The molecule has 0 saturated carbocycles. The van der Waals surface area contributed by atoms with Gasteiger partial charge >= 0.3 is 0 Å². The summed E-state index contributed by atoms with van der Waals surface area (Å²) in [5, 5.41) is 7.68. The molecule has 2 saturated heterocycles. The van der Waals surface area contributed by atoms with Crippen molar-refractivity contribution in [1.82, 2.24) is 20.3 Å². The van der Waals surface area contributed by atoms with E-state index in [1.807, 2.05) is 11.0 Å². The number of nitrogens with zero attached hydrogens (tertiary/aromatic N) is 3. The summed E-state index contributed by atoms with van der Waals surface area (Å²) in [6, 6.07) is 8.16. The summed E-state index contributed by atoms with van der Waals surface area (Å²) < 4.78 is 18.6. The highest BCUT2D eigenvalue weighted by molar-refractivity contribution is 5.76. The van der Waals surface area contributed by atoms with Crippen LogP contribution in [0.4, 0.5) is 4.39 Å². The zero-order chi connectivity index (χ0) is 20.2. The van der Waals surface area contributed by atoms with Crippen LogP contribution in [0.3, 0.4) is 0 Å². The SMILES string of the molecule is CN1CCN(C(=O)C[C@H]2CCNC[C@@H]2Cc2cc(-c3ccc(F)cc3)on2)CC1. The third kappa shape index (κ3) is 5.03. The second-order valence-corrected chi connectivity index (χ2v) is 8.29. The van der Waals surface area contributed by atoms with Crippen LogP contribution in [0.15, 0.2) is 34.9 Å².